The Labute approximate surface area is 153 Å². The third-order valence-corrected chi connectivity index (χ3v) is 4.97. The Morgan fingerprint density at radius 3 is 2.60 bits per heavy atom. The summed E-state index contributed by atoms with van der Waals surface area (Å²) in [7, 11) is 0. The molecule has 3 nitrogen and oxygen atoms in total. The predicted molar refractivity (Wildman–Crippen MR) is 99.6 cm³/mol. The number of carbonyl (C=O) groups is 1. The molecular formula is C21H23ClO3. The number of halogens is 1. The Balaban J connectivity index is 1.85. The molecule has 2 aromatic carbocycles. The maximum Gasteiger partial charge on any atom is 0.310 e. The molecule has 0 heterocycles. The molecule has 0 atom stereocenters. The van der Waals surface area contributed by atoms with Crippen LogP contribution in [-0.2, 0) is 11.4 Å². The molecule has 2 aromatic rings. The van der Waals surface area contributed by atoms with E-state index in [4.69, 9.17) is 21.1 Å². The molecule has 0 spiro atoms. The van der Waals surface area contributed by atoms with Crippen molar-refractivity contribution in [1.29, 1.82) is 0 Å². The molecule has 0 unspecified atom stereocenters. The third-order valence-electron chi connectivity index (χ3n) is 4.56. The third kappa shape index (κ3) is 4.16. The lowest BCUT2D eigenvalue weighted by Crippen LogP contribution is -2.10. The minimum atomic E-state index is -0.246. The van der Waals surface area contributed by atoms with Crippen LogP contribution in [0.4, 0.5) is 0 Å². The van der Waals surface area contributed by atoms with Gasteiger partial charge in [0.2, 0.25) is 0 Å². The molecule has 0 aliphatic heterocycles. The summed E-state index contributed by atoms with van der Waals surface area (Å²) >= 11 is 6.29. The Morgan fingerprint density at radius 1 is 1.16 bits per heavy atom. The van der Waals surface area contributed by atoms with Crippen molar-refractivity contribution in [2.45, 2.75) is 52.6 Å². The van der Waals surface area contributed by atoms with Gasteiger partial charge in [0, 0.05) is 17.0 Å². The lowest BCUT2D eigenvalue weighted by Gasteiger charge is -2.16. The number of benzene rings is 2. The highest BCUT2D eigenvalue weighted by molar-refractivity contribution is 6.31. The van der Waals surface area contributed by atoms with Gasteiger partial charge in [-0.1, -0.05) is 36.7 Å². The second-order valence-corrected chi connectivity index (χ2v) is 6.99. The molecular weight excluding hydrogens is 336 g/mol. The molecule has 0 saturated heterocycles. The van der Waals surface area contributed by atoms with Crippen LogP contribution in [0, 0.1) is 13.8 Å². The number of carbonyl (C=O) groups excluding carboxylic acids is 1. The van der Waals surface area contributed by atoms with Gasteiger partial charge in [-0.05, 0) is 61.4 Å². The summed E-state index contributed by atoms with van der Waals surface area (Å²) in [5.74, 6) is 1.72. The molecule has 0 bridgehead atoms. The number of ether oxygens (including phenoxy) is 2. The van der Waals surface area contributed by atoms with E-state index < -0.39 is 0 Å². The fourth-order valence-corrected chi connectivity index (χ4v) is 2.98. The van der Waals surface area contributed by atoms with Gasteiger partial charge in [-0.25, -0.2) is 0 Å². The number of rotatable bonds is 6. The van der Waals surface area contributed by atoms with E-state index in [1.807, 2.05) is 38.1 Å². The largest absolute Gasteiger partial charge is 0.488 e. The molecule has 4 heteroatoms. The van der Waals surface area contributed by atoms with Crippen LogP contribution in [-0.4, -0.2) is 5.97 Å². The number of aryl methyl sites for hydroxylation is 2. The second-order valence-electron chi connectivity index (χ2n) is 6.58. The van der Waals surface area contributed by atoms with Crippen LogP contribution in [0.5, 0.6) is 11.5 Å². The molecule has 0 amide bonds. The molecule has 0 aromatic heterocycles. The van der Waals surface area contributed by atoms with Crippen molar-refractivity contribution >= 4 is 17.6 Å². The van der Waals surface area contributed by atoms with Gasteiger partial charge in [-0.2, -0.15) is 0 Å². The quantitative estimate of drug-likeness (QED) is 0.488. The topological polar surface area (TPSA) is 35.5 Å². The van der Waals surface area contributed by atoms with E-state index >= 15 is 0 Å². The Bertz CT molecular complexity index is 794. The van der Waals surface area contributed by atoms with Crippen molar-refractivity contribution in [2.24, 2.45) is 0 Å². The van der Waals surface area contributed by atoms with E-state index in [0.717, 1.165) is 22.4 Å². The van der Waals surface area contributed by atoms with Gasteiger partial charge >= 0.3 is 5.97 Å². The molecule has 3 rings (SSSR count). The molecule has 0 radical (unpaired) electrons. The molecule has 25 heavy (non-hydrogen) atoms. The number of hydrogen-bond acceptors (Lipinski definition) is 3. The SMILES string of the molecule is CCC(=O)Oc1cccc(C)c1COc1cc(Cl)c(C)cc1C1CC1. The first-order valence-electron chi connectivity index (χ1n) is 8.71. The summed E-state index contributed by atoms with van der Waals surface area (Å²) in [4.78, 5) is 11.7. The van der Waals surface area contributed by atoms with Gasteiger partial charge in [-0.3, -0.25) is 4.79 Å². The maximum atomic E-state index is 11.7. The van der Waals surface area contributed by atoms with E-state index in [-0.39, 0.29) is 5.97 Å². The zero-order chi connectivity index (χ0) is 18.0. The van der Waals surface area contributed by atoms with Gasteiger partial charge in [0.15, 0.2) is 0 Å². The second kappa shape index (κ2) is 7.49. The first-order chi connectivity index (χ1) is 12.0. The van der Waals surface area contributed by atoms with Gasteiger partial charge in [0.25, 0.3) is 0 Å². The van der Waals surface area contributed by atoms with Crippen LogP contribution >= 0.6 is 11.6 Å². The van der Waals surface area contributed by atoms with Crippen LogP contribution < -0.4 is 9.47 Å². The predicted octanol–water partition coefficient (Wildman–Crippen LogP) is 5.73. The molecule has 1 fully saturated rings. The lowest BCUT2D eigenvalue weighted by molar-refractivity contribution is -0.134. The van der Waals surface area contributed by atoms with E-state index in [2.05, 4.69) is 6.07 Å². The normalized spacial score (nSPS) is 13.6. The van der Waals surface area contributed by atoms with E-state index in [1.165, 1.54) is 18.4 Å². The first-order valence-corrected chi connectivity index (χ1v) is 9.09. The van der Waals surface area contributed by atoms with Crippen LogP contribution in [0.25, 0.3) is 0 Å². The smallest absolute Gasteiger partial charge is 0.310 e. The van der Waals surface area contributed by atoms with Crippen molar-refractivity contribution in [1.82, 2.24) is 0 Å². The average Bonchev–Trinajstić information content (AvgIpc) is 3.42. The minimum Gasteiger partial charge on any atom is -0.488 e. The van der Waals surface area contributed by atoms with Crippen molar-refractivity contribution in [3.63, 3.8) is 0 Å². The molecule has 0 N–H and O–H groups in total. The minimum absolute atomic E-state index is 0.246. The summed E-state index contributed by atoms with van der Waals surface area (Å²) in [5.41, 5.74) is 4.22. The van der Waals surface area contributed by atoms with E-state index in [1.54, 1.807) is 6.92 Å². The fraction of sp³-hybridized carbons (Fsp3) is 0.381. The highest BCUT2D eigenvalue weighted by Gasteiger charge is 2.27. The van der Waals surface area contributed by atoms with Crippen molar-refractivity contribution in [3.8, 4) is 11.5 Å². The van der Waals surface area contributed by atoms with Gasteiger partial charge in [0.1, 0.15) is 18.1 Å². The molecule has 1 saturated carbocycles. The molecule has 1 aliphatic rings. The van der Waals surface area contributed by atoms with E-state index in [9.17, 15) is 4.79 Å². The Hall–Kier alpha value is -2.00. The molecule has 1 aliphatic carbocycles. The highest BCUT2D eigenvalue weighted by atomic mass is 35.5. The fourth-order valence-electron chi connectivity index (χ4n) is 2.82. The standard InChI is InChI=1S/C21H23ClO3/c1-4-21(23)25-19-7-5-6-13(2)17(19)12-24-20-11-18(22)14(3)10-16(20)15-8-9-15/h5-7,10-11,15H,4,8-9,12H2,1-3H3. The number of hydrogen-bond donors (Lipinski definition) is 0. The van der Waals surface area contributed by atoms with Crippen LogP contribution in [0.1, 0.15) is 54.4 Å². The maximum absolute atomic E-state index is 11.7. The summed E-state index contributed by atoms with van der Waals surface area (Å²) in [6.45, 7) is 6.14. The summed E-state index contributed by atoms with van der Waals surface area (Å²) in [6, 6.07) is 9.72. The highest BCUT2D eigenvalue weighted by Crippen LogP contribution is 2.46. The summed E-state index contributed by atoms with van der Waals surface area (Å²) < 4.78 is 11.6. The van der Waals surface area contributed by atoms with Gasteiger partial charge in [-0.15, -0.1) is 0 Å². The van der Waals surface area contributed by atoms with Crippen LogP contribution in [0.15, 0.2) is 30.3 Å². The van der Waals surface area contributed by atoms with Crippen molar-refractivity contribution in [2.75, 3.05) is 0 Å². The Morgan fingerprint density at radius 2 is 1.92 bits per heavy atom. The Kier molecular flexibility index (Phi) is 5.33. The van der Waals surface area contributed by atoms with Crippen molar-refractivity contribution in [3.05, 3.63) is 57.6 Å². The zero-order valence-electron chi connectivity index (χ0n) is 14.9. The van der Waals surface area contributed by atoms with Crippen molar-refractivity contribution < 1.29 is 14.3 Å². The first kappa shape index (κ1) is 17.8. The van der Waals surface area contributed by atoms with Gasteiger partial charge < -0.3 is 9.47 Å². The van der Waals surface area contributed by atoms with Crippen LogP contribution in [0.3, 0.4) is 0 Å². The lowest BCUT2D eigenvalue weighted by atomic mass is 10.1. The van der Waals surface area contributed by atoms with Gasteiger partial charge in [0.05, 0.1) is 0 Å². The zero-order valence-corrected chi connectivity index (χ0v) is 15.7. The summed E-state index contributed by atoms with van der Waals surface area (Å²) in [6.07, 6.45) is 2.73. The summed E-state index contributed by atoms with van der Waals surface area (Å²) in [5, 5.41) is 0.710. The molecule has 132 valence electrons. The monoisotopic (exact) mass is 358 g/mol. The average molecular weight is 359 g/mol. The van der Waals surface area contributed by atoms with Crippen LogP contribution in [0.2, 0.25) is 5.02 Å². The van der Waals surface area contributed by atoms with E-state index in [0.29, 0.717) is 29.7 Å². The number of esters is 1.